The van der Waals surface area contributed by atoms with Crippen LogP contribution in [0.25, 0.3) is 0 Å². The predicted octanol–water partition coefficient (Wildman–Crippen LogP) is 12.5. The summed E-state index contributed by atoms with van der Waals surface area (Å²) < 4.78 is 16.3. The average Bonchev–Trinajstić information content (AvgIpc) is 3.13. The van der Waals surface area contributed by atoms with E-state index in [1.54, 1.807) is 0 Å². The third kappa shape index (κ3) is 40.9. The normalized spacial score (nSPS) is 12.5. The molecule has 0 saturated heterocycles. The van der Waals surface area contributed by atoms with E-state index in [9.17, 15) is 14.4 Å². The molecule has 0 spiro atoms. The van der Waals surface area contributed by atoms with Crippen LogP contribution in [0.1, 0.15) is 205 Å². The van der Waals surface area contributed by atoms with Gasteiger partial charge in [0, 0.05) is 19.3 Å². The van der Waals surface area contributed by atoms with Gasteiger partial charge in [-0.05, 0) is 89.9 Å². The Labute approximate surface area is 328 Å². The van der Waals surface area contributed by atoms with E-state index in [-0.39, 0.29) is 24.0 Å². The van der Waals surface area contributed by atoms with E-state index >= 15 is 0 Å². The van der Waals surface area contributed by atoms with Gasteiger partial charge in [-0.2, -0.15) is 0 Å². The first-order valence-corrected chi connectivity index (χ1v) is 22.1. The van der Waals surface area contributed by atoms with Crippen molar-refractivity contribution in [1.82, 2.24) is 0 Å². The van der Waals surface area contributed by atoms with Gasteiger partial charge in [0.05, 0.1) is 48.3 Å². The summed E-state index contributed by atoms with van der Waals surface area (Å²) in [5, 5.41) is 0. The zero-order valence-electron chi connectivity index (χ0n) is 35.6. The Bertz CT molecular complexity index is 852. The van der Waals surface area contributed by atoms with Crippen molar-refractivity contribution < 1.29 is 33.1 Å². The zero-order valence-corrected chi connectivity index (χ0v) is 35.6. The summed E-state index contributed by atoms with van der Waals surface area (Å²) in [7, 11) is 9.44. The number of quaternary nitrogens is 1. The Balaban J connectivity index is 4.00. The topological polar surface area (TPSA) is 78.9 Å². The predicted molar refractivity (Wildman–Crippen MR) is 223 cm³/mol. The second-order valence-electron chi connectivity index (χ2n) is 16.3. The molecule has 7 nitrogen and oxygen atoms in total. The number of nitrogens with zero attached hydrogens (tertiary/aromatic N) is 1. The lowest BCUT2D eigenvalue weighted by Crippen LogP contribution is -2.35. The molecule has 0 saturated carbocycles. The van der Waals surface area contributed by atoms with Gasteiger partial charge in [0.25, 0.3) is 0 Å². The first kappa shape index (κ1) is 50.9. The van der Waals surface area contributed by atoms with Gasteiger partial charge in [0.15, 0.2) is 0 Å². The summed E-state index contributed by atoms with van der Waals surface area (Å²) in [6, 6.07) is 0. The average molecular weight is 749 g/mol. The molecule has 0 aliphatic heterocycles. The van der Waals surface area contributed by atoms with Gasteiger partial charge in [-0.1, -0.05) is 114 Å². The molecule has 0 heterocycles. The van der Waals surface area contributed by atoms with E-state index in [1.165, 1.54) is 143 Å². The number of hydrogen-bond donors (Lipinski definition) is 0. The van der Waals surface area contributed by atoms with Crippen LogP contribution in [0.4, 0.5) is 0 Å². The number of methoxy groups -OCH3 is 2. The SMILES string of the molecule is COC(=O)CCCCCCCC=CCCCCCCCCC(CCCCCCCCC=CCCCCCCCC(=O)OC)OC(=O)CCC[N+](C)(C)C. The quantitative estimate of drug-likeness (QED) is 0.0205. The maximum absolute atomic E-state index is 12.7. The molecule has 0 unspecified atom stereocenters. The highest BCUT2D eigenvalue weighted by Gasteiger charge is 2.16. The van der Waals surface area contributed by atoms with E-state index in [2.05, 4.69) is 54.9 Å². The second-order valence-corrected chi connectivity index (χ2v) is 16.3. The van der Waals surface area contributed by atoms with Crippen LogP contribution < -0.4 is 0 Å². The number of esters is 3. The fraction of sp³-hybridized carbons (Fsp3) is 0.848. The summed E-state index contributed by atoms with van der Waals surface area (Å²) >= 11 is 0. The van der Waals surface area contributed by atoms with Crippen molar-refractivity contribution in [2.24, 2.45) is 0 Å². The Morgan fingerprint density at radius 1 is 0.415 bits per heavy atom. The maximum Gasteiger partial charge on any atom is 0.306 e. The van der Waals surface area contributed by atoms with Gasteiger partial charge in [-0.3, -0.25) is 14.4 Å². The van der Waals surface area contributed by atoms with Crippen molar-refractivity contribution in [3.63, 3.8) is 0 Å². The molecule has 0 N–H and O–H groups in total. The van der Waals surface area contributed by atoms with Crippen molar-refractivity contribution >= 4 is 17.9 Å². The van der Waals surface area contributed by atoms with Gasteiger partial charge < -0.3 is 18.7 Å². The molecule has 0 fully saturated rings. The van der Waals surface area contributed by atoms with Crippen LogP contribution in [0.2, 0.25) is 0 Å². The molecule has 0 aliphatic carbocycles. The highest BCUT2D eigenvalue weighted by Crippen LogP contribution is 2.19. The van der Waals surface area contributed by atoms with Crippen molar-refractivity contribution in [1.29, 1.82) is 0 Å². The standard InChI is InChI=1S/C46H86NO6/c1-47(2,3)42-36-41-46(50)53-43(37-32-28-24-20-16-12-8-6-10-14-18-22-26-30-34-39-44(48)51-4)38-33-29-25-21-17-13-9-7-11-15-19-23-27-31-35-40-45(49)52-5/h6-7,10-11,43H,8-9,12-42H2,1-5H3/q+1. The Hall–Kier alpha value is -2.15. The largest absolute Gasteiger partial charge is 0.469 e. The molecule has 0 amide bonds. The Morgan fingerprint density at radius 3 is 1.06 bits per heavy atom. The number of unbranched alkanes of at least 4 members (excludes halogenated alkanes) is 22. The van der Waals surface area contributed by atoms with Crippen molar-refractivity contribution in [2.75, 3.05) is 41.9 Å². The molecule has 0 radical (unpaired) electrons. The van der Waals surface area contributed by atoms with E-state index in [4.69, 9.17) is 4.74 Å². The smallest absolute Gasteiger partial charge is 0.306 e. The van der Waals surface area contributed by atoms with Crippen LogP contribution in [-0.2, 0) is 28.6 Å². The second kappa shape index (κ2) is 38.1. The van der Waals surface area contributed by atoms with Gasteiger partial charge in [0.1, 0.15) is 6.10 Å². The van der Waals surface area contributed by atoms with Gasteiger partial charge in [0.2, 0.25) is 0 Å². The third-order valence-corrected chi connectivity index (χ3v) is 10.1. The van der Waals surface area contributed by atoms with E-state index < -0.39 is 0 Å². The maximum atomic E-state index is 12.7. The summed E-state index contributed by atoms with van der Waals surface area (Å²) in [5.74, 6) is -0.188. The van der Waals surface area contributed by atoms with E-state index in [1.807, 2.05) is 0 Å². The number of carbonyl (C=O) groups excluding carboxylic acids is 3. The van der Waals surface area contributed by atoms with Gasteiger partial charge >= 0.3 is 17.9 Å². The third-order valence-electron chi connectivity index (χ3n) is 10.1. The molecule has 53 heavy (non-hydrogen) atoms. The van der Waals surface area contributed by atoms with Crippen LogP contribution in [-0.4, -0.2) is 70.4 Å². The molecule has 0 aliphatic rings. The summed E-state index contributed by atoms with van der Waals surface area (Å²) in [5.41, 5.74) is 0. The highest BCUT2D eigenvalue weighted by atomic mass is 16.5. The van der Waals surface area contributed by atoms with Gasteiger partial charge in [-0.15, -0.1) is 0 Å². The van der Waals surface area contributed by atoms with Crippen molar-refractivity contribution in [3.8, 4) is 0 Å². The van der Waals surface area contributed by atoms with Crippen molar-refractivity contribution in [3.05, 3.63) is 24.3 Å². The van der Waals surface area contributed by atoms with E-state index in [0.717, 1.165) is 68.8 Å². The van der Waals surface area contributed by atoms with Crippen molar-refractivity contribution in [2.45, 2.75) is 212 Å². The summed E-state index contributed by atoms with van der Waals surface area (Å²) in [6.45, 7) is 0.993. The van der Waals surface area contributed by atoms with Crippen LogP contribution in [0, 0.1) is 0 Å². The summed E-state index contributed by atoms with van der Waals surface area (Å²) in [6.07, 6.45) is 45.3. The molecular formula is C46H86NO6+. The minimum Gasteiger partial charge on any atom is -0.469 e. The number of hydrogen-bond acceptors (Lipinski definition) is 6. The van der Waals surface area contributed by atoms with Crippen LogP contribution >= 0.6 is 0 Å². The molecular weight excluding hydrogens is 663 g/mol. The van der Waals surface area contributed by atoms with Crippen LogP contribution in [0.3, 0.4) is 0 Å². The monoisotopic (exact) mass is 749 g/mol. The molecule has 0 rings (SSSR count). The number of rotatable bonds is 39. The first-order chi connectivity index (χ1) is 25.7. The number of allylic oxidation sites excluding steroid dienone is 4. The lowest BCUT2D eigenvalue weighted by Gasteiger charge is -2.24. The molecule has 310 valence electrons. The molecule has 0 aromatic heterocycles. The highest BCUT2D eigenvalue weighted by molar-refractivity contribution is 5.69. The number of carbonyl (C=O) groups is 3. The van der Waals surface area contributed by atoms with Gasteiger partial charge in [-0.25, -0.2) is 0 Å². The number of ether oxygens (including phenoxy) is 3. The first-order valence-electron chi connectivity index (χ1n) is 22.1. The summed E-state index contributed by atoms with van der Waals surface area (Å²) in [4.78, 5) is 34.9. The Kier molecular flexibility index (Phi) is 36.6. The molecule has 0 aromatic carbocycles. The van der Waals surface area contributed by atoms with Crippen LogP contribution in [0.5, 0.6) is 0 Å². The zero-order chi connectivity index (χ0) is 39.1. The molecule has 0 bridgehead atoms. The Morgan fingerprint density at radius 2 is 0.717 bits per heavy atom. The lowest BCUT2D eigenvalue weighted by atomic mass is 10.0. The fourth-order valence-electron chi connectivity index (χ4n) is 6.69. The lowest BCUT2D eigenvalue weighted by molar-refractivity contribution is -0.870. The minimum atomic E-state index is -0.0921. The molecule has 7 heteroatoms. The molecule has 0 aromatic rings. The fourth-order valence-corrected chi connectivity index (χ4v) is 6.69. The van der Waals surface area contributed by atoms with Crippen LogP contribution in [0.15, 0.2) is 24.3 Å². The molecule has 0 atom stereocenters. The minimum absolute atomic E-state index is 0.00386. The van der Waals surface area contributed by atoms with E-state index in [0.29, 0.717) is 19.3 Å².